The molecular weight excluding hydrogens is 222 g/mol. The summed E-state index contributed by atoms with van der Waals surface area (Å²) < 4.78 is 0. The summed E-state index contributed by atoms with van der Waals surface area (Å²) in [7, 11) is 1.52. The molecule has 17 heavy (non-hydrogen) atoms. The van der Waals surface area contributed by atoms with Gasteiger partial charge in [-0.1, -0.05) is 6.07 Å². The number of nitrogens with zero attached hydrogens (tertiary/aromatic N) is 2. The second-order valence-corrected chi connectivity index (χ2v) is 3.26. The lowest BCUT2D eigenvalue weighted by Gasteiger charge is -2.04. The SMILES string of the molecule is CN=C(N)NC(N)=NCc1ccc(O)c(O)c1. The van der Waals surface area contributed by atoms with Crippen molar-refractivity contribution in [3.05, 3.63) is 23.8 Å². The van der Waals surface area contributed by atoms with E-state index in [0.717, 1.165) is 0 Å². The summed E-state index contributed by atoms with van der Waals surface area (Å²) in [5.41, 5.74) is 11.6. The monoisotopic (exact) mass is 237 g/mol. The van der Waals surface area contributed by atoms with Gasteiger partial charge in [-0.2, -0.15) is 0 Å². The molecule has 0 aliphatic carbocycles. The van der Waals surface area contributed by atoms with Crippen LogP contribution in [0.5, 0.6) is 11.5 Å². The summed E-state index contributed by atoms with van der Waals surface area (Å²) in [5, 5.41) is 21.0. The van der Waals surface area contributed by atoms with Gasteiger partial charge in [0.25, 0.3) is 0 Å². The first-order valence-electron chi connectivity index (χ1n) is 4.83. The molecule has 0 saturated heterocycles. The van der Waals surface area contributed by atoms with Crippen LogP contribution in [0.1, 0.15) is 5.56 Å². The first-order chi connectivity index (χ1) is 8.02. The van der Waals surface area contributed by atoms with Gasteiger partial charge in [-0.3, -0.25) is 10.3 Å². The van der Waals surface area contributed by atoms with Crippen molar-refractivity contribution in [1.29, 1.82) is 0 Å². The van der Waals surface area contributed by atoms with Crippen molar-refractivity contribution >= 4 is 11.9 Å². The Morgan fingerprint density at radius 3 is 2.53 bits per heavy atom. The molecule has 1 aromatic rings. The molecule has 0 aromatic heterocycles. The van der Waals surface area contributed by atoms with Crippen molar-refractivity contribution < 1.29 is 10.2 Å². The van der Waals surface area contributed by atoms with Crippen LogP contribution in [-0.2, 0) is 6.54 Å². The largest absolute Gasteiger partial charge is 0.504 e. The van der Waals surface area contributed by atoms with Gasteiger partial charge in [0, 0.05) is 7.05 Å². The van der Waals surface area contributed by atoms with E-state index in [-0.39, 0.29) is 30.0 Å². The fourth-order valence-corrected chi connectivity index (χ4v) is 1.07. The Labute approximate surface area is 98.5 Å². The number of aliphatic imine (C=N–C) groups is 2. The molecule has 0 atom stereocenters. The summed E-state index contributed by atoms with van der Waals surface area (Å²) in [6.45, 7) is 0.254. The van der Waals surface area contributed by atoms with Crippen molar-refractivity contribution in [1.82, 2.24) is 5.32 Å². The normalized spacial score (nSPS) is 12.5. The predicted molar refractivity (Wildman–Crippen MR) is 65.8 cm³/mol. The fraction of sp³-hybridized carbons (Fsp3) is 0.200. The van der Waals surface area contributed by atoms with E-state index in [9.17, 15) is 5.11 Å². The average molecular weight is 237 g/mol. The van der Waals surface area contributed by atoms with E-state index >= 15 is 0 Å². The molecule has 7 N–H and O–H groups in total. The molecule has 0 spiro atoms. The molecule has 0 saturated carbocycles. The van der Waals surface area contributed by atoms with E-state index in [4.69, 9.17) is 16.6 Å². The lowest BCUT2D eigenvalue weighted by Crippen LogP contribution is -2.41. The van der Waals surface area contributed by atoms with E-state index in [1.54, 1.807) is 6.07 Å². The van der Waals surface area contributed by atoms with Crippen molar-refractivity contribution in [3.8, 4) is 11.5 Å². The maximum absolute atomic E-state index is 9.26. The quantitative estimate of drug-likeness (QED) is 0.267. The van der Waals surface area contributed by atoms with E-state index in [1.165, 1.54) is 19.2 Å². The molecular formula is C10H15N5O2. The van der Waals surface area contributed by atoms with Gasteiger partial charge in [-0.15, -0.1) is 0 Å². The number of nitrogens with two attached hydrogens (primary N) is 2. The molecule has 0 aliphatic heterocycles. The lowest BCUT2D eigenvalue weighted by molar-refractivity contribution is 0.403. The maximum atomic E-state index is 9.26. The molecule has 0 bridgehead atoms. The third-order valence-electron chi connectivity index (χ3n) is 1.97. The Bertz CT molecular complexity index is 456. The highest BCUT2D eigenvalue weighted by atomic mass is 16.3. The van der Waals surface area contributed by atoms with Crippen molar-refractivity contribution in [2.75, 3.05) is 7.05 Å². The van der Waals surface area contributed by atoms with Gasteiger partial charge in [-0.05, 0) is 17.7 Å². The van der Waals surface area contributed by atoms with Crippen LogP contribution < -0.4 is 16.8 Å². The Hall–Kier alpha value is -2.44. The number of rotatable bonds is 2. The highest BCUT2D eigenvalue weighted by Gasteiger charge is 2.00. The van der Waals surface area contributed by atoms with Crippen molar-refractivity contribution in [3.63, 3.8) is 0 Å². The molecule has 7 nitrogen and oxygen atoms in total. The van der Waals surface area contributed by atoms with Gasteiger partial charge in [0.05, 0.1) is 6.54 Å². The molecule has 92 valence electrons. The third kappa shape index (κ3) is 3.90. The zero-order valence-corrected chi connectivity index (χ0v) is 9.38. The molecule has 1 aromatic carbocycles. The molecule has 0 heterocycles. The van der Waals surface area contributed by atoms with Gasteiger partial charge >= 0.3 is 0 Å². The lowest BCUT2D eigenvalue weighted by atomic mass is 10.2. The van der Waals surface area contributed by atoms with Crippen LogP contribution in [-0.4, -0.2) is 29.2 Å². The molecule has 0 radical (unpaired) electrons. The highest BCUT2D eigenvalue weighted by molar-refractivity contribution is 5.96. The van der Waals surface area contributed by atoms with Crippen LogP contribution in [0.3, 0.4) is 0 Å². The van der Waals surface area contributed by atoms with Crippen LogP contribution in [0.25, 0.3) is 0 Å². The smallest absolute Gasteiger partial charge is 0.195 e. The zero-order chi connectivity index (χ0) is 12.8. The predicted octanol–water partition coefficient (Wildman–Crippen LogP) is -0.553. The first kappa shape index (κ1) is 12.6. The molecule has 0 fully saturated rings. The number of guanidine groups is 2. The summed E-state index contributed by atoms with van der Waals surface area (Å²) in [6, 6.07) is 4.41. The van der Waals surface area contributed by atoms with E-state index < -0.39 is 0 Å². The topological polar surface area (TPSA) is 129 Å². The Balaban J connectivity index is 2.66. The minimum atomic E-state index is -0.195. The number of phenolic OH excluding ortho intramolecular Hbond substituents is 2. The van der Waals surface area contributed by atoms with Crippen LogP contribution in [0.4, 0.5) is 0 Å². The van der Waals surface area contributed by atoms with Crippen LogP contribution in [0, 0.1) is 0 Å². The molecule has 1 rings (SSSR count). The van der Waals surface area contributed by atoms with Gasteiger partial charge in [0.15, 0.2) is 23.4 Å². The number of nitrogens with one attached hydrogen (secondary N) is 1. The standard InChI is InChI=1S/C10H15N5O2/c1-13-9(11)15-10(12)14-5-6-2-3-7(16)8(17)4-6/h2-4,16-17H,5H2,1H3,(H5,11,12,13,14,15). The molecule has 7 heteroatoms. The van der Waals surface area contributed by atoms with Gasteiger partial charge in [0.1, 0.15) is 0 Å². The molecule has 0 unspecified atom stereocenters. The van der Waals surface area contributed by atoms with Crippen molar-refractivity contribution in [2.45, 2.75) is 6.54 Å². The number of benzene rings is 1. The van der Waals surface area contributed by atoms with Gasteiger partial charge in [-0.25, -0.2) is 4.99 Å². The van der Waals surface area contributed by atoms with E-state index in [0.29, 0.717) is 5.56 Å². The zero-order valence-electron chi connectivity index (χ0n) is 9.38. The highest BCUT2D eigenvalue weighted by Crippen LogP contribution is 2.24. The number of hydrogen-bond acceptors (Lipinski definition) is 4. The Morgan fingerprint density at radius 2 is 1.94 bits per heavy atom. The summed E-state index contributed by atoms with van der Waals surface area (Å²) in [6.07, 6.45) is 0. The van der Waals surface area contributed by atoms with Crippen molar-refractivity contribution in [2.24, 2.45) is 21.5 Å². The number of aromatic hydroxyl groups is 2. The maximum Gasteiger partial charge on any atom is 0.195 e. The summed E-state index contributed by atoms with van der Waals surface area (Å²) in [4.78, 5) is 7.64. The third-order valence-corrected chi connectivity index (χ3v) is 1.97. The first-order valence-corrected chi connectivity index (χ1v) is 4.83. The second kappa shape index (κ2) is 5.59. The van der Waals surface area contributed by atoms with Crippen LogP contribution >= 0.6 is 0 Å². The molecule has 0 amide bonds. The van der Waals surface area contributed by atoms with E-state index in [2.05, 4.69) is 15.3 Å². The second-order valence-electron chi connectivity index (χ2n) is 3.26. The minimum absolute atomic E-state index is 0.126. The fourth-order valence-electron chi connectivity index (χ4n) is 1.07. The summed E-state index contributed by atoms with van der Waals surface area (Å²) in [5.74, 6) is -0.0782. The summed E-state index contributed by atoms with van der Waals surface area (Å²) >= 11 is 0. The van der Waals surface area contributed by atoms with Gasteiger partial charge < -0.3 is 21.7 Å². The molecule has 0 aliphatic rings. The number of phenols is 2. The van der Waals surface area contributed by atoms with Crippen LogP contribution in [0.15, 0.2) is 28.2 Å². The van der Waals surface area contributed by atoms with Crippen LogP contribution in [0.2, 0.25) is 0 Å². The Morgan fingerprint density at radius 1 is 1.24 bits per heavy atom. The van der Waals surface area contributed by atoms with Gasteiger partial charge in [0.2, 0.25) is 0 Å². The Kier molecular flexibility index (Phi) is 4.15. The average Bonchev–Trinajstić information content (AvgIpc) is 2.30. The minimum Gasteiger partial charge on any atom is -0.504 e. The van der Waals surface area contributed by atoms with E-state index in [1.807, 2.05) is 0 Å². The number of hydrogen-bond donors (Lipinski definition) is 5.